The van der Waals surface area contributed by atoms with Gasteiger partial charge in [0.15, 0.2) is 0 Å². The van der Waals surface area contributed by atoms with Crippen LogP contribution in [0.5, 0.6) is 0 Å². The average molecular weight is 195 g/mol. The van der Waals surface area contributed by atoms with Gasteiger partial charge in [-0.3, -0.25) is 0 Å². The van der Waals surface area contributed by atoms with Crippen molar-refractivity contribution in [1.82, 2.24) is 0 Å². The van der Waals surface area contributed by atoms with Crippen LogP contribution in [0.25, 0.3) is 0 Å². The highest BCUT2D eigenvalue weighted by atomic mass is 79.9. The van der Waals surface area contributed by atoms with Crippen LogP contribution < -0.4 is 0 Å². The summed E-state index contributed by atoms with van der Waals surface area (Å²) in [6, 6.07) is 0. The molecule has 1 rings (SSSR count). The van der Waals surface area contributed by atoms with Crippen molar-refractivity contribution in [2.75, 3.05) is 0 Å². The van der Waals surface area contributed by atoms with E-state index in [4.69, 9.17) is 0 Å². The summed E-state index contributed by atoms with van der Waals surface area (Å²) in [5, 5.41) is 0. The van der Waals surface area contributed by atoms with Crippen molar-refractivity contribution in [2.45, 2.75) is 43.1 Å². The lowest BCUT2D eigenvalue weighted by molar-refractivity contribution is 0.311. The fourth-order valence-electron chi connectivity index (χ4n) is 1.22. The summed E-state index contributed by atoms with van der Waals surface area (Å²) < 4.78 is 12.8. The Hall–Kier alpha value is 0.410. The van der Waals surface area contributed by atoms with Crippen LogP contribution in [-0.2, 0) is 0 Å². The summed E-state index contributed by atoms with van der Waals surface area (Å²) in [5.74, 6) is 0. The summed E-state index contributed by atoms with van der Waals surface area (Å²) in [6.07, 6.45) is 4.66. The third-order valence-corrected chi connectivity index (χ3v) is 2.88. The van der Waals surface area contributed by atoms with Crippen LogP contribution in [0.3, 0.4) is 0 Å². The van der Waals surface area contributed by atoms with Gasteiger partial charge in [0.2, 0.25) is 0 Å². The zero-order valence-corrected chi connectivity index (χ0v) is 7.03. The maximum absolute atomic E-state index is 12.8. The Morgan fingerprint density at radius 2 is 1.78 bits per heavy atom. The molecule has 0 unspecified atom stereocenters. The first-order valence-electron chi connectivity index (χ1n) is 3.59. The topological polar surface area (TPSA) is 0 Å². The Bertz CT molecular complexity index is 75.0. The molecule has 1 saturated carbocycles. The van der Waals surface area contributed by atoms with Gasteiger partial charge in [0.05, 0.1) is 0 Å². The summed E-state index contributed by atoms with van der Waals surface area (Å²) in [6.45, 7) is 0. The molecule has 0 aromatic heterocycles. The van der Waals surface area contributed by atoms with Gasteiger partial charge < -0.3 is 0 Å². The van der Waals surface area contributed by atoms with E-state index in [2.05, 4.69) is 15.9 Å². The third-order valence-electron chi connectivity index (χ3n) is 1.85. The zero-order chi connectivity index (χ0) is 6.69. The average Bonchev–Trinajstić information content (AvgIpc) is 1.99. The molecule has 2 heteroatoms. The molecule has 1 aliphatic carbocycles. The lowest BCUT2D eigenvalue weighted by atomic mass is 10.2. The SMILES string of the molecule is F[C@H]1CCCCC[C@@H]1Br. The second-order valence-electron chi connectivity index (χ2n) is 2.67. The van der Waals surface area contributed by atoms with E-state index < -0.39 is 6.17 Å². The van der Waals surface area contributed by atoms with Crippen LogP contribution in [0.4, 0.5) is 4.39 Å². The van der Waals surface area contributed by atoms with Gasteiger partial charge in [0, 0.05) is 4.83 Å². The smallest absolute Gasteiger partial charge is 0.113 e. The molecule has 1 fully saturated rings. The number of hydrogen-bond acceptors (Lipinski definition) is 0. The van der Waals surface area contributed by atoms with Crippen LogP contribution >= 0.6 is 15.9 Å². The van der Waals surface area contributed by atoms with E-state index in [-0.39, 0.29) is 4.83 Å². The fraction of sp³-hybridized carbons (Fsp3) is 1.00. The summed E-state index contributed by atoms with van der Waals surface area (Å²) >= 11 is 3.33. The first-order chi connectivity index (χ1) is 4.30. The quantitative estimate of drug-likeness (QED) is 0.411. The number of rotatable bonds is 0. The second-order valence-corrected chi connectivity index (χ2v) is 3.85. The fourth-order valence-corrected chi connectivity index (χ4v) is 1.81. The molecule has 0 bridgehead atoms. The van der Waals surface area contributed by atoms with Gasteiger partial charge in [0.25, 0.3) is 0 Å². The lowest BCUT2D eigenvalue weighted by Crippen LogP contribution is -2.12. The van der Waals surface area contributed by atoms with E-state index >= 15 is 0 Å². The van der Waals surface area contributed by atoms with Crippen molar-refractivity contribution in [3.63, 3.8) is 0 Å². The first kappa shape index (κ1) is 7.52. The number of hydrogen-bond donors (Lipinski definition) is 0. The monoisotopic (exact) mass is 194 g/mol. The van der Waals surface area contributed by atoms with Crippen LogP contribution in [0, 0.1) is 0 Å². The summed E-state index contributed by atoms with van der Waals surface area (Å²) in [5.41, 5.74) is 0. The molecule has 0 radical (unpaired) electrons. The van der Waals surface area contributed by atoms with E-state index in [1.165, 1.54) is 12.8 Å². The molecule has 0 N–H and O–H groups in total. The van der Waals surface area contributed by atoms with Crippen molar-refractivity contribution in [2.24, 2.45) is 0 Å². The van der Waals surface area contributed by atoms with Crippen molar-refractivity contribution < 1.29 is 4.39 Å². The zero-order valence-electron chi connectivity index (χ0n) is 5.45. The Labute approximate surface area is 64.0 Å². The molecule has 2 atom stereocenters. The highest BCUT2D eigenvalue weighted by molar-refractivity contribution is 9.09. The highest BCUT2D eigenvalue weighted by Gasteiger charge is 2.19. The molecule has 0 aliphatic heterocycles. The minimum Gasteiger partial charge on any atom is -0.246 e. The third kappa shape index (κ3) is 2.24. The predicted molar refractivity (Wildman–Crippen MR) is 40.7 cm³/mol. The number of alkyl halides is 2. The van der Waals surface area contributed by atoms with Gasteiger partial charge in [0.1, 0.15) is 6.17 Å². The number of halogens is 2. The molecule has 0 amide bonds. The normalized spacial score (nSPS) is 38.0. The molecule has 54 valence electrons. The molecule has 0 heterocycles. The maximum Gasteiger partial charge on any atom is 0.113 e. The van der Waals surface area contributed by atoms with Crippen molar-refractivity contribution >= 4 is 15.9 Å². The standard InChI is InChI=1S/C7H12BrF/c8-6-4-2-1-3-5-7(6)9/h6-7H,1-5H2/t6-,7-/m0/s1. The van der Waals surface area contributed by atoms with E-state index in [0.717, 1.165) is 19.3 Å². The molecule has 0 spiro atoms. The van der Waals surface area contributed by atoms with Crippen molar-refractivity contribution in [1.29, 1.82) is 0 Å². The van der Waals surface area contributed by atoms with E-state index in [1.54, 1.807) is 0 Å². The Morgan fingerprint density at radius 1 is 1.11 bits per heavy atom. The summed E-state index contributed by atoms with van der Waals surface area (Å²) in [7, 11) is 0. The van der Waals surface area contributed by atoms with E-state index in [0.29, 0.717) is 0 Å². The second kappa shape index (κ2) is 3.55. The Balaban J connectivity index is 2.32. The molecular formula is C7H12BrF. The minimum absolute atomic E-state index is 0.139. The molecule has 9 heavy (non-hydrogen) atoms. The van der Waals surface area contributed by atoms with Crippen molar-refractivity contribution in [3.8, 4) is 0 Å². The minimum atomic E-state index is -0.590. The van der Waals surface area contributed by atoms with Crippen LogP contribution in [0.15, 0.2) is 0 Å². The van der Waals surface area contributed by atoms with E-state index in [1.807, 2.05) is 0 Å². The molecule has 0 aromatic rings. The van der Waals surface area contributed by atoms with Gasteiger partial charge in [-0.05, 0) is 12.8 Å². The van der Waals surface area contributed by atoms with E-state index in [9.17, 15) is 4.39 Å². The van der Waals surface area contributed by atoms with Crippen LogP contribution in [0.2, 0.25) is 0 Å². The van der Waals surface area contributed by atoms with Gasteiger partial charge in [-0.1, -0.05) is 35.2 Å². The van der Waals surface area contributed by atoms with Gasteiger partial charge in [-0.2, -0.15) is 0 Å². The Kier molecular flexibility index (Phi) is 2.96. The molecular weight excluding hydrogens is 183 g/mol. The molecule has 1 aliphatic rings. The molecule has 0 saturated heterocycles. The van der Waals surface area contributed by atoms with Gasteiger partial charge in [-0.15, -0.1) is 0 Å². The molecule has 0 nitrogen and oxygen atoms in total. The summed E-state index contributed by atoms with van der Waals surface area (Å²) in [4.78, 5) is 0.139. The van der Waals surface area contributed by atoms with Crippen LogP contribution in [0.1, 0.15) is 32.1 Å². The first-order valence-corrected chi connectivity index (χ1v) is 4.50. The van der Waals surface area contributed by atoms with Gasteiger partial charge >= 0.3 is 0 Å². The van der Waals surface area contributed by atoms with Crippen molar-refractivity contribution in [3.05, 3.63) is 0 Å². The maximum atomic E-state index is 12.8. The lowest BCUT2D eigenvalue weighted by Gasteiger charge is -2.08. The highest BCUT2D eigenvalue weighted by Crippen LogP contribution is 2.25. The largest absolute Gasteiger partial charge is 0.246 e. The van der Waals surface area contributed by atoms with Gasteiger partial charge in [-0.25, -0.2) is 4.39 Å². The molecule has 0 aromatic carbocycles. The Morgan fingerprint density at radius 3 is 2.56 bits per heavy atom. The van der Waals surface area contributed by atoms with Crippen LogP contribution in [-0.4, -0.2) is 11.0 Å². The predicted octanol–water partition coefficient (Wildman–Crippen LogP) is 3.05.